The Labute approximate surface area is 163 Å². The van der Waals surface area contributed by atoms with E-state index in [1.54, 1.807) is 30.3 Å². The van der Waals surface area contributed by atoms with Crippen LogP contribution in [0.1, 0.15) is 30.9 Å². The SMILES string of the molecule is CC(C)c1ccc(/C=C(\C#N)C(=O)OCC(=O)Nc2cccc(Cl)c2)cc1. The Hall–Kier alpha value is -3.10. The summed E-state index contributed by atoms with van der Waals surface area (Å²) in [5.41, 5.74) is 2.18. The number of benzene rings is 2. The van der Waals surface area contributed by atoms with Gasteiger partial charge in [-0.25, -0.2) is 4.79 Å². The van der Waals surface area contributed by atoms with Crippen LogP contribution in [0.15, 0.2) is 54.1 Å². The number of carbonyl (C=O) groups excluding carboxylic acids is 2. The molecule has 0 spiro atoms. The maximum absolute atomic E-state index is 12.1. The molecular formula is C21H19ClN2O3. The summed E-state index contributed by atoms with van der Waals surface area (Å²) in [6.07, 6.45) is 1.43. The minimum absolute atomic E-state index is 0.178. The van der Waals surface area contributed by atoms with Gasteiger partial charge in [0.15, 0.2) is 6.61 Å². The topological polar surface area (TPSA) is 79.2 Å². The summed E-state index contributed by atoms with van der Waals surface area (Å²) in [6, 6.07) is 15.9. The second-order valence-electron chi connectivity index (χ2n) is 6.13. The van der Waals surface area contributed by atoms with Gasteiger partial charge >= 0.3 is 5.97 Å². The highest BCUT2D eigenvalue weighted by Crippen LogP contribution is 2.17. The average Bonchev–Trinajstić information content (AvgIpc) is 2.64. The fourth-order valence-corrected chi connectivity index (χ4v) is 2.44. The van der Waals surface area contributed by atoms with Crippen LogP contribution in [0.4, 0.5) is 5.69 Å². The summed E-state index contributed by atoms with van der Waals surface area (Å²) < 4.78 is 4.92. The van der Waals surface area contributed by atoms with Crippen LogP contribution in [0, 0.1) is 11.3 Å². The standard InChI is InChI=1S/C21H19ClN2O3/c1-14(2)16-8-6-15(7-9-16)10-17(12-23)21(26)27-13-20(25)24-19-5-3-4-18(22)11-19/h3-11,14H,13H2,1-2H3,(H,24,25)/b17-10+. The number of nitrogens with one attached hydrogen (secondary N) is 1. The van der Waals surface area contributed by atoms with Crippen molar-refractivity contribution in [1.29, 1.82) is 5.26 Å². The molecule has 0 bridgehead atoms. The first-order chi connectivity index (χ1) is 12.9. The molecule has 0 aliphatic heterocycles. The molecule has 6 heteroatoms. The smallest absolute Gasteiger partial charge is 0.349 e. The number of nitriles is 1. The molecule has 0 saturated carbocycles. The van der Waals surface area contributed by atoms with Gasteiger partial charge < -0.3 is 10.1 Å². The van der Waals surface area contributed by atoms with Gasteiger partial charge in [0, 0.05) is 10.7 Å². The Morgan fingerprint density at radius 2 is 1.93 bits per heavy atom. The van der Waals surface area contributed by atoms with Gasteiger partial charge in [-0.3, -0.25) is 4.79 Å². The highest BCUT2D eigenvalue weighted by Gasteiger charge is 2.13. The minimum atomic E-state index is -0.855. The fraction of sp³-hybridized carbons (Fsp3) is 0.190. The second kappa shape index (κ2) is 9.56. The van der Waals surface area contributed by atoms with E-state index in [1.165, 1.54) is 6.08 Å². The van der Waals surface area contributed by atoms with Crippen LogP contribution < -0.4 is 5.32 Å². The molecule has 1 N–H and O–H groups in total. The lowest BCUT2D eigenvalue weighted by Gasteiger charge is -2.07. The van der Waals surface area contributed by atoms with E-state index in [1.807, 2.05) is 24.3 Å². The molecule has 1 amide bonds. The van der Waals surface area contributed by atoms with E-state index in [9.17, 15) is 14.9 Å². The highest BCUT2D eigenvalue weighted by atomic mass is 35.5. The summed E-state index contributed by atoms with van der Waals surface area (Å²) in [4.78, 5) is 23.9. The molecule has 0 fully saturated rings. The predicted molar refractivity (Wildman–Crippen MR) is 105 cm³/mol. The fourth-order valence-electron chi connectivity index (χ4n) is 2.25. The lowest BCUT2D eigenvalue weighted by atomic mass is 10.0. The summed E-state index contributed by atoms with van der Waals surface area (Å²) >= 11 is 5.84. The van der Waals surface area contributed by atoms with E-state index in [0.29, 0.717) is 22.2 Å². The van der Waals surface area contributed by atoms with E-state index < -0.39 is 18.5 Å². The first-order valence-electron chi connectivity index (χ1n) is 8.33. The predicted octanol–water partition coefficient (Wildman–Crippen LogP) is 4.55. The van der Waals surface area contributed by atoms with Gasteiger partial charge in [0.2, 0.25) is 0 Å². The maximum atomic E-state index is 12.1. The zero-order valence-electron chi connectivity index (χ0n) is 15.0. The molecule has 0 aliphatic rings. The van der Waals surface area contributed by atoms with Gasteiger partial charge in [0.25, 0.3) is 5.91 Å². The number of anilines is 1. The van der Waals surface area contributed by atoms with Crippen molar-refractivity contribution in [2.75, 3.05) is 11.9 Å². The Kier molecular flexibility index (Phi) is 7.16. The number of carbonyl (C=O) groups is 2. The minimum Gasteiger partial charge on any atom is -0.451 e. The molecule has 0 atom stereocenters. The third-order valence-corrected chi connectivity index (χ3v) is 3.93. The molecule has 5 nitrogen and oxygen atoms in total. The van der Waals surface area contributed by atoms with Crippen LogP contribution in [0.25, 0.3) is 6.08 Å². The van der Waals surface area contributed by atoms with Crippen molar-refractivity contribution in [3.05, 3.63) is 70.3 Å². The quantitative estimate of drug-likeness (QED) is 0.451. The van der Waals surface area contributed by atoms with Crippen LogP contribution in [-0.2, 0) is 14.3 Å². The van der Waals surface area contributed by atoms with E-state index in [2.05, 4.69) is 19.2 Å². The van der Waals surface area contributed by atoms with Crippen molar-refractivity contribution in [2.45, 2.75) is 19.8 Å². The molecule has 0 heterocycles. The van der Waals surface area contributed by atoms with Gasteiger partial charge in [0.05, 0.1) is 0 Å². The van der Waals surface area contributed by atoms with Gasteiger partial charge in [-0.05, 0) is 41.3 Å². The van der Waals surface area contributed by atoms with Gasteiger partial charge in [0.1, 0.15) is 11.6 Å². The summed E-state index contributed by atoms with van der Waals surface area (Å²) in [7, 11) is 0. The third kappa shape index (κ3) is 6.28. The molecule has 27 heavy (non-hydrogen) atoms. The van der Waals surface area contributed by atoms with Crippen LogP contribution in [0.2, 0.25) is 5.02 Å². The summed E-state index contributed by atoms with van der Waals surface area (Å²) in [6.45, 7) is 3.66. The molecule has 0 unspecified atom stereocenters. The largest absolute Gasteiger partial charge is 0.451 e. The Balaban J connectivity index is 1.96. The molecule has 2 rings (SSSR count). The lowest BCUT2D eigenvalue weighted by Crippen LogP contribution is -2.21. The van der Waals surface area contributed by atoms with Crippen LogP contribution in [0.3, 0.4) is 0 Å². The number of esters is 1. The Bertz CT molecular complexity index is 896. The maximum Gasteiger partial charge on any atom is 0.349 e. The number of hydrogen-bond acceptors (Lipinski definition) is 4. The average molecular weight is 383 g/mol. The summed E-state index contributed by atoms with van der Waals surface area (Å²) in [5, 5.41) is 12.2. The van der Waals surface area contributed by atoms with Crippen molar-refractivity contribution in [1.82, 2.24) is 0 Å². The Morgan fingerprint density at radius 3 is 2.52 bits per heavy atom. The second-order valence-corrected chi connectivity index (χ2v) is 6.56. The molecule has 138 valence electrons. The molecule has 2 aromatic rings. The molecular weight excluding hydrogens is 364 g/mol. The van der Waals surface area contributed by atoms with Crippen molar-refractivity contribution in [3.8, 4) is 6.07 Å². The Morgan fingerprint density at radius 1 is 1.22 bits per heavy atom. The first-order valence-corrected chi connectivity index (χ1v) is 8.71. The first kappa shape index (κ1) is 20.2. The molecule has 0 radical (unpaired) electrons. The van der Waals surface area contributed by atoms with Crippen LogP contribution >= 0.6 is 11.6 Å². The van der Waals surface area contributed by atoms with Gasteiger partial charge in [-0.15, -0.1) is 0 Å². The van der Waals surface area contributed by atoms with E-state index in [-0.39, 0.29) is 5.57 Å². The van der Waals surface area contributed by atoms with Crippen molar-refractivity contribution < 1.29 is 14.3 Å². The van der Waals surface area contributed by atoms with Crippen molar-refractivity contribution in [3.63, 3.8) is 0 Å². The van der Waals surface area contributed by atoms with Crippen LogP contribution in [0.5, 0.6) is 0 Å². The number of halogens is 1. The molecule has 0 aliphatic carbocycles. The van der Waals surface area contributed by atoms with Gasteiger partial charge in [-0.1, -0.05) is 55.8 Å². The van der Waals surface area contributed by atoms with Gasteiger partial charge in [-0.2, -0.15) is 5.26 Å². The van der Waals surface area contributed by atoms with Crippen LogP contribution in [-0.4, -0.2) is 18.5 Å². The van der Waals surface area contributed by atoms with Crippen molar-refractivity contribution in [2.24, 2.45) is 0 Å². The number of nitrogens with zero attached hydrogens (tertiary/aromatic N) is 1. The zero-order valence-corrected chi connectivity index (χ0v) is 15.8. The lowest BCUT2D eigenvalue weighted by molar-refractivity contribution is -0.142. The number of hydrogen-bond donors (Lipinski definition) is 1. The highest BCUT2D eigenvalue weighted by molar-refractivity contribution is 6.30. The molecule has 0 saturated heterocycles. The zero-order chi connectivity index (χ0) is 19.8. The van der Waals surface area contributed by atoms with E-state index in [0.717, 1.165) is 5.56 Å². The monoisotopic (exact) mass is 382 g/mol. The molecule has 2 aromatic carbocycles. The van der Waals surface area contributed by atoms with E-state index >= 15 is 0 Å². The number of rotatable bonds is 6. The number of ether oxygens (including phenoxy) is 1. The summed E-state index contributed by atoms with van der Waals surface area (Å²) in [5.74, 6) is -0.989. The van der Waals surface area contributed by atoms with E-state index in [4.69, 9.17) is 16.3 Å². The third-order valence-electron chi connectivity index (χ3n) is 3.70. The van der Waals surface area contributed by atoms with Crippen molar-refractivity contribution >= 4 is 35.2 Å². The normalized spacial score (nSPS) is 11.0. The number of amides is 1. The molecule has 0 aromatic heterocycles.